The van der Waals surface area contributed by atoms with E-state index in [4.69, 9.17) is 0 Å². The number of piperidine rings is 1. The second kappa shape index (κ2) is 2.40. The number of hydrogen-bond acceptors (Lipinski definition) is 0. The molecule has 0 aromatic carbocycles. The predicted molar refractivity (Wildman–Crippen MR) is 26.3 cm³/mol. The highest BCUT2D eigenvalue weighted by atomic mass is 19.1. The zero-order chi connectivity index (χ0) is 5.98. The lowest BCUT2D eigenvalue weighted by Gasteiger charge is -2.17. The number of alkyl halides is 2. The quantitative estimate of drug-likeness (QED) is 0.446. The van der Waals surface area contributed by atoms with Crippen LogP contribution in [0, 0.1) is 0 Å². The van der Waals surface area contributed by atoms with Gasteiger partial charge in [0.25, 0.3) is 0 Å². The summed E-state index contributed by atoms with van der Waals surface area (Å²) in [4.78, 5) is 0. The average molecular weight is 120 g/mol. The zero-order valence-electron chi connectivity index (χ0n) is 4.48. The third-order valence-electron chi connectivity index (χ3n) is 1.17. The third-order valence-corrected chi connectivity index (χ3v) is 1.17. The SMILES string of the molecule is FC1C[N]CC(F)C1. The van der Waals surface area contributed by atoms with Crippen LogP contribution in [-0.2, 0) is 0 Å². The Morgan fingerprint density at radius 1 is 1.12 bits per heavy atom. The summed E-state index contributed by atoms with van der Waals surface area (Å²) in [7, 11) is 0. The Labute approximate surface area is 47.1 Å². The van der Waals surface area contributed by atoms with Crippen molar-refractivity contribution in [3.05, 3.63) is 0 Å². The van der Waals surface area contributed by atoms with Crippen LogP contribution in [0.4, 0.5) is 8.78 Å². The first-order valence-electron chi connectivity index (χ1n) is 2.70. The van der Waals surface area contributed by atoms with Crippen molar-refractivity contribution < 1.29 is 8.78 Å². The summed E-state index contributed by atoms with van der Waals surface area (Å²) in [5.41, 5.74) is 0. The normalized spacial score (nSPS) is 39.8. The van der Waals surface area contributed by atoms with Crippen LogP contribution in [0.5, 0.6) is 0 Å². The first-order chi connectivity index (χ1) is 3.79. The van der Waals surface area contributed by atoms with Crippen LogP contribution < -0.4 is 5.32 Å². The van der Waals surface area contributed by atoms with Gasteiger partial charge in [0.1, 0.15) is 12.3 Å². The molecular formula is C5H8F2N. The molecule has 8 heavy (non-hydrogen) atoms. The number of halogens is 2. The smallest absolute Gasteiger partial charge is 0.117 e. The lowest BCUT2D eigenvalue weighted by Crippen LogP contribution is -2.33. The Morgan fingerprint density at radius 2 is 1.62 bits per heavy atom. The molecule has 2 atom stereocenters. The molecule has 0 aromatic heterocycles. The first kappa shape index (κ1) is 5.95. The number of rotatable bonds is 0. The molecule has 2 unspecified atom stereocenters. The molecule has 0 amide bonds. The first-order valence-corrected chi connectivity index (χ1v) is 2.70. The summed E-state index contributed by atoms with van der Waals surface area (Å²) < 4.78 is 24.2. The Bertz CT molecular complexity index is 68.8. The third kappa shape index (κ3) is 1.40. The highest BCUT2D eigenvalue weighted by Gasteiger charge is 2.20. The van der Waals surface area contributed by atoms with Crippen LogP contribution in [0.25, 0.3) is 0 Å². The summed E-state index contributed by atoms with van der Waals surface area (Å²) in [5.74, 6) is 0. The van der Waals surface area contributed by atoms with E-state index >= 15 is 0 Å². The van der Waals surface area contributed by atoms with Gasteiger partial charge in [0, 0.05) is 19.5 Å². The van der Waals surface area contributed by atoms with Gasteiger partial charge in [-0.25, -0.2) is 14.1 Å². The Morgan fingerprint density at radius 3 is 1.88 bits per heavy atom. The summed E-state index contributed by atoms with van der Waals surface area (Å²) in [6, 6.07) is 0. The Kier molecular flexibility index (Phi) is 1.78. The van der Waals surface area contributed by atoms with Gasteiger partial charge in [-0.2, -0.15) is 0 Å². The molecule has 47 valence electrons. The summed E-state index contributed by atoms with van der Waals surface area (Å²) in [6.45, 7) is 0.390. The Hall–Kier alpha value is -0.180. The molecule has 1 heterocycles. The molecule has 1 fully saturated rings. The monoisotopic (exact) mass is 120 g/mol. The van der Waals surface area contributed by atoms with Crippen molar-refractivity contribution >= 4 is 0 Å². The average Bonchev–Trinajstić information content (AvgIpc) is 1.64. The predicted octanol–water partition coefficient (Wildman–Crippen LogP) is 0.671. The summed E-state index contributed by atoms with van der Waals surface area (Å²) in [6.07, 6.45) is -2.01. The molecule has 1 aliphatic rings. The van der Waals surface area contributed by atoms with E-state index in [1.54, 1.807) is 0 Å². The zero-order valence-corrected chi connectivity index (χ0v) is 4.48. The molecule has 0 aliphatic carbocycles. The maximum absolute atomic E-state index is 12.1. The van der Waals surface area contributed by atoms with E-state index in [2.05, 4.69) is 5.32 Å². The fourth-order valence-corrected chi connectivity index (χ4v) is 0.781. The standard InChI is InChI=1S/C5H8F2N/c6-4-1-5(7)3-8-2-4/h4-5H,1-3H2. The van der Waals surface area contributed by atoms with E-state index in [9.17, 15) is 8.78 Å². The minimum absolute atomic E-state index is 0.0451. The minimum Gasteiger partial charge on any atom is -0.246 e. The second-order valence-electron chi connectivity index (χ2n) is 2.02. The van der Waals surface area contributed by atoms with Gasteiger partial charge in [-0.05, 0) is 0 Å². The molecular weight excluding hydrogens is 112 g/mol. The van der Waals surface area contributed by atoms with Gasteiger partial charge in [0.05, 0.1) is 0 Å². The topological polar surface area (TPSA) is 14.1 Å². The van der Waals surface area contributed by atoms with E-state index in [1.807, 2.05) is 0 Å². The fourth-order valence-electron chi connectivity index (χ4n) is 0.781. The van der Waals surface area contributed by atoms with Crippen molar-refractivity contribution in [2.45, 2.75) is 18.8 Å². The molecule has 1 rings (SSSR count). The number of nitrogens with zero attached hydrogens (tertiary/aromatic N) is 1. The van der Waals surface area contributed by atoms with Crippen molar-refractivity contribution in [1.29, 1.82) is 0 Å². The van der Waals surface area contributed by atoms with E-state index in [-0.39, 0.29) is 19.5 Å². The van der Waals surface area contributed by atoms with Crippen LogP contribution >= 0.6 is 0 Å². The maximum Gasteiger partial charge on any atom is 0.117 e. The molecule has 3 heteroatoms. The van der Waals surface area contributed by atoms with Gasteiger partial charge in [-0.3, -0.25) is 0 Å². The largest absolute Gasteiger partial charge is 0.246 e. The molecule has 0 N–H and O–H groups in total. The highest BCUT2D eigenvalue weighted by Crippen LogP contribution is 2.09. The van der Waals surface area contributed by atoms with Gasteiger partial charge in [0.15, 0.2) is 0 Å². The van der Waals surface area contributed by atoms with Gasteiger partial charge in [-0.1, -0.05) is 0 Å². The lowest BCUT2D eigenvalue weighted by molar-refractivity contribution is 0.171. The molecule has 1 aliphatic heterocycles. The molecule has 0 spiro atoms. The lowest BCUT2D eigenvalue weighted by atomic mass is 10.1. The summed E-state index contributed by atoms with van der Waals surface area (Å²) >= 11 is 0. The van der Waals surface area contributed by atoms with E-state index in [0.717, 1.165) is 0 Å². The molecule has 1 nitrogen and oxygen atoms in total. The number of hydrogen-bond donors (Lipinski definition) is 0. The van der Waals surface area contributed by atoms with E-state index in [1.165, 1.54) is 0 Å². The van der Waals surface area contributed by atoms with Crippen LogP contribution in [0.15, 0.2) is 0 Å². The van der Waals surface area contributed by atoms with E-state index in [0.29, 0.717) is 0 Å². The molecule has 1 saturated heterocycles. The second-order valence-corrected chi connectivity index (χ2v) is 2.02. The van der Waals surface area contributed by atoms with Gasteiger partial charge < -0.3 is 0 Å². The highest BCUT2D eigenvalue weighted by molar-refractivity contribution is 4.74. The molecule has 0 aromatic rings. The van der Waals surface area contributed by atoms with Crippen molar-refractivity contribution in [3.63, 3.8) is 0 Å². The van der Waals surface area contributed by atoms with Crippen LogP contribution in [0.2, 0.25) is 0 Å². The van der Waals surface area contributed by atoms with Gasteiger partial charge >= 0.3 is 0 Å². The Balaban J connectivity index is 2.23. The maximum atomic E-state index is 12.1. The molecule has 0 bridgehead atoms. The van der Waals surface area contributed by atoms with Gasteiger partial charge in [0.2, 0.25) is 0 Å². The fraction of sp³-hybridized carbons (Fsp3) is 1.00. The van der Waals surface area contributed by atoms with Crippen molar-refractivity contribution in [2.24, 2.45) is 0 Å². The van der Waals surface area contributed by atoms with E-state index < -0.39 is 12.3 Å². The van der Waals surface area contributed by atoms with Crippen molar-refractivity contribution in [3.8, 4) is 0 Å². The van der Waals surface area contributed by atoms with Crippen LogP contribution in [0.3, 0.4) is 0 Å². The molecule has 1 radical (unpaired) electrons. The minimum atomic E-state index is -1.03. The summed E-state index contributed by atoms with van der Waals surface area (Å²) in [5, 5.41) is 3.59. The van der Waals surface area contributed by atoms with Crippen molar-refractivity contribution in [1.82, 2.24) is 5.32 Å². The van der Waals surface area contributed by atoms with Gasteiger partial charge in [-0.15, -0.1) is 0 Å². The van der Waals surface area contributed by atoms with Crippen molar-refractivity contribution in [2.75, 3.05) is 13.1 Å². The molecule has 0 saturated carbocycles. The van der Waals surface area contributed by atoms with Crippen LogP contribution in [0.1, 0.15) is 6.42 Å². The van der Waals surface area contributed by atoms with Crippen LogP contribution in [-0.4, -0.2) is 25.4 Å².